The van der Waals surface area contributed by atoms with Crippen LogP contribution >= 0.6 is 12.1 Å². The summed E-state index contributed by atoms with van der Waals surface area (Å²) in [4.78, 5) is 30.5. The van der Waals surface area contributed by atoms with Gasteiger partial charge in [-0.1, -0.05) is 19.3 Å². The van der Waals surface area contributed by atoms with Crippen LogP contribution in [0.15, 0.2) is 30.3 Å². The number of methoxy groups -OCH3 is 1. The molecule has 0 saturated heterocycles. The molecule has 8 nitrogen and oxygen atoms in total. The fraction of sp³-hybridized carbons (Fsp3) is 0.464. The molecule has 2 aliphatic carbocycles. The average Bonchev–Trinajstić information content (AvgIpc) is 3.58. The van der Waals surface area contributed by atoms with Gasteiger partial charge in [-0.2, -0.15) is 0 Å². The summed E-state index contributed by atoms with van der Waals surface area (Å²) in [5, 5.41) is 11.4. The fourth-order valence-electron chi connectivity index (χ4n) is 6.45. The molecule has 3 aliphatic rings. The Labute approximate surface area is 220 Å². The highest BCUT2D eigenvalue weighted by Crippen LogP contribution is 2.65. The van der Waals surface area contributed by atoms with Gasteiger partial charge in [0.2, 0.25) is 0 Å². The van der Waals surface area contributed by atoms with E-state index in [1.165, 1.54) is 37.0 Å². The first-order chi connectivity index (χ1) is 17.8. The quantitative estimate of drug-likeness (QED) is 0.432. The molecule has 2 fully saturated rings. The van der Waals surface area contributed by atoms with E-state index in [1.807, 2.05) is 32.3 Å². The van der Waals surface area contributed by atoms with Crippen molar-refractivity contribution in [3.63, 3.8) is 0 Å². The summed E-state index contributed by atoms with van der Waals surface area (Å²) < 4.78 is 12.3. The number of carbonyl (C=O) groups is 2. The highest BCUT2D eigenvalue weighted by Gasteiger charge is 2.63. The normalized spacial score (nSPS) is 22.6. The Morgan fingerprint density at radius 3 is 2.68 bits per heavy atom. The predicted octanol–water partition coefficient (Wildman–Crippen LogP) is 5.19. The van der Waals surface area contributed by atoms with Gasteiger partial charge in [-0.05, 0) is 80.7 Å². The molecule has 194 valence electrons. The van der Waals surface area contributed by atoms with Crippen LogP contribution in [-0.4, -0.2) is 52.0 Å². The van der Waals surface area contributed by atoms with E-state index in [2.05, 4.69) is 15.4 Å². The van der Waals surface area contributed by atoms with Crippen LogP contribution in [0.5, 0.6) is 5.75 Å². The minimum Gasteiger partial charge on any atom is -0.497 e. The Kier molecular flexibility index (Phi) is 5.95. The molecule has 1 amide bonds. The number of nitrogens with one attached hydrogen (secondary N) is 1. The molecule has 3 aromatic rings. The minimum absolute atomic E-state index is 0.0766. The number of amides is 1. The Morgan fingerprint density at radius 2 is 1.97 bits per heavy atom. The Bertz CT molecular complexity index is 1410. The summed E-state index contributed by atoms with van der Waals surface area (Å²) in [6.07, 6.45) is 6.40. The van der Waals surface area contributed by atoms with Crippen LogP contribution in [0.1, 0.15) is 72.0 Å². The van der Waals surface area contributed by atoms with E-state index in [0.717, 1.165) is 40.8 Å². The molecule has 2 atom stereocenters. The van der Waals surface area contributed by atoms with E-state index < -0.39 is 11.4 Å². The third-order valence-corrected chi connectivity index (χ3v) is 8.99. The second kappa shape index (κ2) is 9.06. The largest absolute Gasteiger partial charge is 0.497 e. The molecule has 2 aromatic heterocycles. The van der Waals surface area contributed by atoms with Crippen molar-refractivity contribution in [3.05, 3.63) is 47.2 Å². The summed E-state index contributed by atoms with van der Waals surface area (Å²) in [6, 6.07) is 9.88. The number of fused-ring (bicyclic) bond motifs is 7. The number of carboxylic acids is 1. The van der Waals surface area contributed by atoms with Crippen LogP contribution in [0, 0.1) is 5.41 Å². The highest BCUT2D eigenvalue weighted by atomic mass is 32.2. The maximum Gasteiger partial charge on any atom is 0.312 e. The zero-order valence-electron chi connectivity index (χ0n) is 21.4. The molecule has 2 N–H and O–H groups in total. The molecular formula is C28H32N4O4S. The number of ether oxygens (including phenoxy) is 1. The van der Waals surface area contributed by atoms with Gasteiger partial charge in [0.05, 0.1) is 18.2 Å². The van der Waals surface area contributed by atoms with Crippen LogP contribution in [0.4, 0.5) is 0 Å². The average molecular weight is 521 g/mol. The van der Waals surface area contributed by atoms with Gasteiger partial charge in [-0.15, -0.1) is 0 Å². The number of aromatic nitrogens is 2. The van der Waals surface area contributed by atoms with Crippen molar-refractivity contribution in [1.29, 1.82) is 0 Å². The van der Waals surface area contributed by atoms with E-state index >= 15 is 0 Å². The lowest BCUT2D eigenvalue weighted by Gasteiger charge is -2.24. The summed E-state index contributed by atoms with van der Waals surface area (Å²) in [7, 11) is 5.36. The van der Waals surface area contributed by atoms with Crippen LogP contribution < -0.4 is 9.46 Å². The number of pyridine rings is 1. The molecule has 3 heterocycles. The standard InChI is InChI=1S/C28H32N4O4S/c1-31(2)37-30-26(33)22-12-11-19-23(16-7-5-4-6-8-16)24-18-10-9-17(36-3)13-20(18)21-14-28(21,27(34)35)15-32(24)25(19)29-22/h9-13,16,21H,4-8,14-15H2,1-3H3,(H,30,33)(H,34,35). The summed E-state index contributed by atoms with van der Waals surface area (Å²) in [6.45, 7) is 0.340. The monoisotopic (exact) mass is 520 g/mol. The lowest BCUT2D eigenvalue weighted by atomic mass is 9.81. The number of carboxylic acid groups (broad SMARTS) is 1. The number of hydrogen-bond acceptors (Lipinski definition) is 6. The maximum absolute atomic E-state index is 12.9. The molecule has 6 rings (SSSR count). The highest BCUT2D eigenvalue weighted by molar-refractivity contribution is 7.95. The second-order valence-electron chi connectivity index (χ2n) is 10.8. The van der Waals surface area contributed by atoms with Crippen molar-refractivity contribution in [2.24, 2.45) is 5.41 Å². The zero-order chi connectivity index (χ0) is 25.9. The van der Waals surface area contributed by atoms with Crippen molar-refractivity contribution in [3.8, 4) is 17.0 Å². The van der Waals surface area contributed by atoms with Crippen molar-refractivity contribution in [2.75, 3.05) is 21.2 Å². The lowest BCUT2D eigenvalue weighted by molar-refractivity contribution is -0.144. The zero-order valence-corrected chi connectivity index (χ0v) is 22.2. The number of aliphatic carboxylic acids is 1. The summed E-state index contributed by atoms with van der Waals surface area (Å²) in [5.41, 5.74) is 4.58. The first kappa shape index (κ1) is 24.3. The van der Waals surface area contributed by atoms with Crippen LogP contribution in [-0.2, 0) is 11.3 Å². The molecule has 0 bridgehead atoms. The Balaban J connectivity index is 1.60. The summed E-state index contributed by atoms with van der Waals surface area (Å²) >= 11 is 1.20. The van der Waals surface area contributed by atoms with Gasteiger partial charge < -0.3 is 14.4 Å². The molecule has 2 saturated carbocycles. The molecule has 2 unspecified atom stereocenters. The van der Waals surface area contributed by atoms with Crippen molar-refractivity contribution in [1.82, 2.24) is 18.6 Å². The third kappa shape index (κ3) is 3.90. The lowest BCUT2D eigenvalue weighted by Crippen LogP contribution is -2.24. The molecule has 0 spiro atoms. The first-order valence-electron chi connectivity index (χ1n) is 12.9. The molecule has 1 aliphatic heterocycles. The number of nitrogens with zero attached hydrogens (tertiary/aromatic N) is 3. The number of benzene rings is 1. The molecule has 37 heavy (non-hydrogen) atoms. The number of carbonyl (C=O) groups excluding carboxylic acids is 1. The van der Waals surface area contributed by atoms with E-state index in [-0.39, 0.29) is 11.8 Å². The maximum atomic E-state index is 12.9. The summed E-state index contributed by atoms with van der Waals surface area (Å²) in [5.74, 6) is -0.0114. The van der Waals surface area contributed by atoms with Crippen LogP contribution in [0.3, 0.4) is 0 Å². The molecule has 0 radical (unpaired) electrons. The van der Waals surface area contributed by atoms with Gasteiger partial charge in [0.1, 0.15) is 17.1 Å². The Morgan fingerprint density at radius 1 is 1.19 bits per heavy atom. The third-order valence-electron chi connectivity index (χ3n) is 8.34. The van der Waals surface area contributed by atoms with E-state index in [9.17, 15) is 14.7 Å². The predicted molar refractivity (Wildman–Crippen MR) is 144 cm³/mol. The molecular weight excluding hydrogens is 488 g/mol. The first-order valence-corrected chi connectivity index (χ1v) is 13.7. The fourth-order valence-corrected chi connectivity index (χ4v) is 6.82. The minimum atomic E-state index is -0.886. The molecule has 9 heteroatoms. The van der Waals surface area contributed by atoms with Gasteiger partial charge in [0.15, 0.2) is 0 Å². The SMILES string of the molecule is COc1ccc2c(c1)C1CC1(C(=O)O)Cn1c-2c(C2CCCCC2)c2ccc(C(=O)NSN(C)C)nc21. The smallest absolute Gasteiger partial charge is 0.312 e. The van der Waals surface area contributed by atoms with Gasteiger partial charge in [-0.25, -0.2) is 9.29 Å². The van der Waals surface area contributed by atoms with Gasteiger partial charge in [0, 0.05) is 35.5 Å². The van der Waals surface area contributed by atoms with E-state index in [4.69, 9.17) is 9.72 Å². The van der Waals surface area contributed by atoms with Gasteiger partial charge >= 0.3 is 5.97 Å². The van der Waals surface area contributed by atoms with Crippen molar-refractivity contribution >= 4 is 35.0 Å². The number of hydrogen-bond donors (Lipinski definition) is 2. The van der Waals surface area contributed by atoms with Crippen LogP contribution in [0.25, 0.3) is 22.3 Å². The second-order valence-corrected chi connectivity index (χ2v) is 11.9. The topological polar surface area (TPSA) is 96.7 Å². The van der Waals surface area contributed by atoms with Crippen molar-refractivity contribution < 1.29 is 19.4 Å². The molecule has 1 aromatic carbocycles. The van der Waals surface area contributed by atoms with Gasteiger partial charge in [0.25, 0.3) is 5.91 Å². The number of rotatable bonds is 6. The van der Waals surface area contributed by atoms with Crippen molar-refractivity contribution in [2.45, 2.75) is 56.9 Å². The van der Waals surface area contributed by atoms with E-state index in [0.29, 0.717) is 30.2 Å². The van der Waals surface area contributed by atoms with E-state index in [1.54, 1.807) is 17.5 Å². The Hall–Kier alpha value is -3.04. The van der Waals surface area contributed by atoms with Gasteiger partial charge in [-0.3, -0.25) is 14.3 Å². The van der Waals surface area contributed by atoms with Crippen LogP contribution in [0.2, 0.25) is 0 Å².